The monoisotopic (exact) mass is 584 g/mol. The number of pyridine rings is 1. The van der Waals surface area contributed by atoms with Crippen molar-refractivity contribution in [1.29, 1.82) is 0 Å². The number of anilines is 1. The van der Waals surface area contributed by atoms with Crippen molar-refractivity contribution in [3.63, 3.8) is 0 Å². The number of aromatic nitrogens is 5. The number of hydrogen-bond donors (Lipinski definition) is 6. The number of nitrogens with one attached hydrogen (secondary N) is 1. The quantitative estimate of drug-likeness (QED) is 0.145. The molecule has 3 aromatic rings. The second-order valence-electron chi connectivity index (χ2n) is 9.79. The van der Waals surface area contributed by atoms with E-state index in [0.29, 0.717) is 11.3 Å². The van der Waals surface area contributed by atoms with Gasteiger partial charge in [-0.1, -0.05) is 18.9 Å². The zero-order valence-corrected chi connectivity index (χ0v) is 22.4. The van der Waals surface area contributed by atoms with Gasteiger partial charge in [-0.25, -0.2) is 4.98 Å². The van der Waals surface area contributed by atoms with E-state index in [1.807, 2.05) is 0 Å². The van der Waals surface area contributed by atoms with Crippen LogP contribution in [0.5, 0.6) is 0 Å². The Kier molecular flexibility index (Phi) is 8.20. The topological polar surface area (TPSA) is 205 Å². The molecule has 3 aromatic heterocycles. The third kappa shape index (κ3) is 5.67. The number of aliphatic hydroxyl groups is 3. The van der Waals surface area contributed by atoms with Gasteiger partial charge in [0, 0.05) is 24.4 Å². The summed E-state index contributed by atoms with van der Waals surface area (Å²) in [4.78, 5) is 37.1. The minimum Gasteiger partial charge on any atom is -0.393 e. The number of rotatable bonds is 10. The Morgan fingerprint density at radius 3 is 2.62 bits per heavy atom. The highest BCUT2D eigenvalue weighted by molar-refractivity contribution is 7.53. The SMILES string of the molecule is O=P(O)(O)C(CO)(Cc1ccccn1)OC[C@H]1O[C@@H](n2cnc3c(NC4CCCC4)nc(Cl)nc32)[C@H](O)[C@@H]1O. The van der Waals surface area contributed by atoms with Crippen LogP contribution in [0, 0.1) is 0 Å². The molecule has 1 aliphatic heterocycles. The number of nitrogens with zero attached hydrogens (tertiary/aromatic N) is 5. The molecule has 14 nitrogen and oxygen atoms in total. The molecule has 2 aliphatic rings. The van der Waals surface area contributed by atoms with Crippen LogP contribution >= 0.6 is 19.2 Å². The van der Waals surface area contributed by atoms with Crippen LogP contribution in [0.1, 0.15) is 37.6 Å². The van der Waals surface area contributed by atoms with Crippen LogP contribution in [0.25, 0.3) is 11.2 Å². The van der Waals surface area contributed by atoms with E-state index in [1.165, 1.54) is 23.2 Å². The second-order valence-corrected chi connectivity index (χ2v) is 12.0. The smallest absolute Gasteiger partial charge is 0.359 e. The van der Waals surface area contributed by atoms with Gasteiger partial charge in [0.15, 0.2) is 28.6 Å². The van der Waals surface area contributed by atoms with Crippen molar-refractivity contribution in [2.75, 3.05) is 18.5 Å². The zero-order valence-electron chi connectivity index (χ0n) is 20.7. The summed E-state index contributed by atoms with van der Waals surface area (Å²) in [7, 11) is -5.05. The van der Waals surface area contributed by atoms with Gasteiger partial charge in [0.25, 0.3) is 0 Å². The molecule has 6 N–H and O–H groups in total. The van der Waals surface area contributed by atoms with E-state index >= 15 is 0 Å². The third-order valence-corrected chi connectivity index (χ3v) is 8.84. The van der Waals surface area contributed by atoms with Gasteiger partial charge in [-0.05, 0) is 36.6 Å². The van der Waals surface area contributed by atoms with Gasteiger partial charge in [-0.15, -0.1) is 0 Å². The highest BCUT2D eigenvalue weighted by atomic mass is 35.5. The molecule has 5 rings (SSSR count). The largest absolute Gasteiger partial charge is 0.393 e. The molecule has 16 heteroatoms. The summed E-state index contributed by atoms with van der Waals surface area (Å²) in [5.74, 6) is 0.451. The molecular weight excluding hydrogens is 555 g/mol. The summed E-state index contributed by atoms with van der Waals surface area (Å²) in [6, 6.07) is 5.04. The number of aliphatic hydroxyl groups excluding tert-OH is 3. The highest BCUT2D eigenvalue weighted by Gasteiger charge is 2.51. The van der Waals surface area contributed by atoms with Crippen LogP contribution in [0.15, 0.2) is 30.7 Å². The predicted octanol–water partition coefficient (Wildman–Crippen LogP) is 0.974. The predicted molar refractivity (Wildman–Crippen MR) is 138 cm³/mol. The zero-order chi connectivity index (χ0) is 27.8. The summed E-state index contributed by atoms with van der Waals surface area (Å²) in [6.07, 6.45) is 1.29. The molecule has 0 radical (unpaired) electrons. The first-order valence-electron chi connectivity index (χ1n) is 12.5. The van der Waals surface area contributed by atoms with Gasteiger partial charge in [0.1, 0.15) is 18.3 Å². The fourth-order valence-electron chi connectivity index (χ4n) is 4.99. The summed E-state index contributed by atoms with van der Waals surface area (Å²) < 4.78 is 25.3. The Bertz CT molecular complexity index is 1340. The molecule has 0 amide bonds. The molecule has 39 heavy (non-hydrogen) atoms. The number of imidazole rings is 1. The fourth-order valence-corrected chi connectivity index (χ4v) is 5.95. The molecule has 0 bridgehead atoms. The minimum atomic E-state index is -5.05. The van der Waals surface area contributed by atoms with Crippen molar-refractivity contribution >= 4 is 36.2 Å². The molecule has 4 heterocycles. The Morgan fingerprint density at radius 1 is 1.18 bits per heavy atom. The molecule has 0 aromatic carbocycles. The van der Waals surface area contributed by atoms with E-state index < -0.39 is 57.1 Å². The van der Waals surface area contributed by atoms with Crippen LogP contribution in [-0.4, -0.2) is 92.5 Å². The second kappa shape index (κ2) is 11.3. The Labute approximate surface area is 228 Å². The number of ether oxygens (including phenoxy) is 2. The van der Waals surface area contributed by atoms with Crippen molar-refractivity contribution < 1.29 is 39.1 Å². The first kappa shape index (κ1) is 28.3. The maximum atomic E-state index is 12.4. The number of hydrogen-bond acceptors (Lipinski definition) is 11. The van der Waals surface area contributed by atoms with E-state index in [1.54, 1.807) is 12.1 Å². The van der Waals surface area contributed by atoms with Crippen LogP contribution in [0.4, 0.5) is 5.82 Å². The van der Waals surface area contributed by atoms with E-state index in [0.717, 1.165) is 25.7 Å². The lowest BCUT2D eigenvalue weighted by Crippen LogP contribution is -2.43. The fraction of sp³-hybridized carbons (Fsp3) is 0.565. The highest BCUT2D eigenvalue weighted by Crippen LogP contribution is 2.53. The van der Waals surface area contributed by atoms with Gasteiger partial charge >= 0.3 is 7.60 Å². The van der Waals surface area contributed by atoms with Crippen molar-refractivity contribution in [1.82, 2.24) is 24.5 Å². The molecule has 5 atom stereocenters. The van der Waals surface area contributed by atoms with Gasteiger partial charge in [0.2, 0.25) is 5.28 Å². The molecular formula is C23H30ClN6O8P. The number of fused-ring (bicyclic) bond motifs is 1. The molecule has 0 spiro atoms. The van der Waals surface area contributed by atoms with Crippen molar-refractivity contribution in [2.24, 2.45) is 0 Å². The van der Waals surface area contributed by atoms with Crippen LogP contribution < -0.4 is 5.32 Å². The molecule has 1 unspecified atom stereocenters. The van der Waals surface area contributed by atoms with Crippen molar-refractivity contribution in [3.8, 4) is 0 Å². The minimum absolute atomic E-state index is 0.0402. The first-order valence-corrected chi connectivity index (χ1v) is 14.5. The van der Waals surface area contributed by atoms with E-state index in [9.17, 15) is 29.7 Å². The van der Waals surface area contributed by atoms with Gasteiger partial charge in [-0.3, -0.25) is 14.1 Å². The average Bonchev–Trinajstić information content (AvgIpc) is 3.63. The molecule has 2 fully saturated rings. The van der Waals surface area contributed by atoms with Gasteiger partial charge in [-0.2, -0.15) is 9.97 Å². The van der Waals surface area contributed by atoms with E-state index in [2.05, 4.69) is 25.3 Å². The maximum absolute atomic E-state index is 12.4. The summed E-state index contributed by atoms with van der Waals surface area (Å²) in [6.45, 7) is -1.58. The third-order valence-electron chi connectivity index (χ3n) is 7.18. The van der Waals surface area contributed by atoms with Gasteiger partial charge in [0.05, 0.1) is 19.5 Å². The van der Waals surface area contributed by atoms with E-state index in [4.69, 9.17) is 21.1 Å². The lowest BCUT2D eigenvalue weighted by Gasteiger charge is -2.33. The standard InChI is InChI=1S/C23H30ClN6O8P/c24-22-28-19(27-13-5-1-2-6-13)16-20(29-22)30(12-26-16)21-18(33)17(32)15(38-21)10-37-23(11-31,39(34,35)36)9-14-7-3-4-8-25-14/h3-4,7-8,12-13,15,17-18,21,31-33H,1-2,5-6,9-11H2,(H,27,28,29)(H2,34,35,36)/t15-,17-,18-,21-,23?/m1/s1. The maximum Gasteiger partial charge on any atom is 0.359 e. The molecule has 1 aliphatic carbocycles. The van der Waals surface area contributed by atoms with Gasteiger partial charge < -0.3 is 39.9 Å². The average molecular weight is 585 g/mol. The molecule has 212 valence electrons. The van der Waals surface area contributed by atoms with Crippen molar-refractivity contribution in [3.05, 3.63) is 41.7 Å². The Hall–Kier alpha value is -2.26. The van der Waals surface area contributed by atoms with E-state index in [-0.39, 0.29) is 22.7 Å². The van der Waals surface area contributed by atoms with Crippen LogP contribution in [0.2, 0.25) is 5.28 Å². The molecule has 1 saturated heterocycles. The number of halogens is 1. The summed E-state index contributed by atoms with van der Waals surface area (Å²) in [5, 5.41) is 32.5. The summed E-state index contributed by atoms with van der Waals surface area (Å²) >= 11 is 6.18. The Balaban J connectivity index is 1.36. The Morgan fingerprint density at radius 2 is 1.95 bits per heavy atom. The first-order chi connectivity index (χ1) is 18.6. The normalized spacial score (nSPS) is 25.8. The van der Waals surface area contributed by atoms with Crippen molar-refractivity contribution in [2.45, 2.75) is 68.0 Å². The lowest BCUT2D eigenvalue weighted by molar-refractivity contribution is -0.108. The summed E-state index contributed by atoms with van der Waals surface area (Å²) in [5.41, 5.74) is 0.958. The van der Waals surface area contributed by atoms with Crippen LogP contribution in [-0.2, 0) is 20.5 Å². The molecule has 1 saturated carbocycles. The van der Waals surface area contributed by atoms with Crippen LogP contribution in [0.3, 0.4) is 0 Å². The lowest BCUT2D eigenvalue weighted by atomic mass is 10.1.